The van der Waals surface area contributed by atoms with Crippen molar-refractivity contribution in [2.24, 2.45) is 26.8 Å². The summed E-state index contributed by atoms with van der Waals surface area (Å²) < 4.78 is 39.9. The van der Waals surface area contributed by atoms with Crippen LogP contribution in [0, 0.1) is 16.7 Å². The van der Waals surface area contributed by atoms with E-state index in [9.17, 15) is 22.8 Å². The molecule has 1 aromatic carbocycles. The van der Waals surface area contributed by atoms with Crippen molar-refractivity contribution < 1.29 is 22.8 Å². The molecule has 0 radical (unpaired) electrons. The van der Waals surface area contributed by atoms with Crippen molar-refractivity contribution in [3.63, 3.8) is 0 Å². The Morgan fingerprint density at radius 3 is 2.26 bits per heavy atom. The van der Waals surface area contributed by atoms with Gasteiger partial charge in [-0.3, -0.25) is 25.0 Å². The molecule has 10 nitrogen and oxygen atoms in total. The lowest BCUT2D eigenvalue weighted by atomic mass is 9.69. The van der Waals surface area contributed by atoms with Crippen molar-refractivity contribution in [1.82, 2.24) is 31.7 Å². The number of nitrogens with zero attached hydrogens (tertiary/aromatic N) is 4. The summed E-state index contributed by atoms with van der Waals surface area (Å²) in [4.78, 5) is 38.0. The van der Waals surface area contributed by atoms with E-state index in [0.29, 0.717) is 36.6 Å². The molecule has 1 atom stereocenters. The van der Waals surface area contributed by atoms with Crippen LogP contribution in [-0.4, -0.2) is 45.5 Å². The maximum atomic E-state index is 14.5. The number of aliphatic imine (C=N–C) groups is 1. The number of hydrazone groups is 1. The Morgan fingerprint density at radius 1 is 1.04 bits per heavy atom. The molecule has 254 valence electrons. The number of pyridine rings is 1. The Labute approximate surface area is 274 Å². The van der Waals surface area contributed by atoms with Crippen LogP contribution in [0.1, 0.15) is 113 Å². The Morgan fingerprint density at radius 2 is 1.72 bits per heavy atom. The van der Waals surface area contributed by atoms with Gasteiger partial charge >= 0.3 is 6.18 Å². The van der Waals surface area contributed by atoms with E-state index >= 15 is 0 Å². The van der Waals surface area contributed by atoms with Crippen LogP contribution in [0.2, 0.25) is 0 Å². The van der Waals surface area contributed by atoms with Crippen molar-refractivity contribution in [2.75, 3.05) is 6.54 Å². The molecule has 1 aromatic heterocycles. The molecule has 1 aliphatic carbocycles. The molecular formula is C34H45F3N8O2. The Hall–Kier alpha value is -4.00. The zero-order valence-electron chi connectivity index (χ0n) is 27.9. The average Bonchev–Trinajstić information content (AvgIpc) is 3.62. The molecular weight excluding hydrogens is 609 g/mol. The first-order valence-electron chi connectivity index (χ1n) is 16.1. The van der Waals surface area contributed by atoms with Crippen molar-refractivity contribution in [3.05, 3.63) is 65.0 Å². The second-order valence-electron chi connectivity index (χ2n) is 15.0. The molecule has 1 saturated carbocycles. The van der Waals surface area contributed by atoms with Crippen LogP contribution in [0.3, 0.4) is 0 Å². The standard InChI is InChI=1S/C34H45F3N8O2/c1-31(2,3)16-15-25(21-7-9-22(10-8-21)29(46)39-20-27-41-43-44-42-27)45-30(47)28(23-11-12-26(38-19-23)34(35,36)37)40-33(45)17-13-24(14-18-33)32(4,5)6/h7-12,19,24-25,43-44H,13-18,20H2,1-6H3,(H,39,46)(H,41,42)/t24?,25-,33?/m1/s1. The van der Waals surface area contributed by atoms with E-state index in [1.165, 1.54) is 6.07 Å². The minimum Gasteiger partial charge on any atom is -0.345 e. The number of carbonyl (C=O) groups is 2. The van der Waals surface area contributed by atoms with Crippen molar-refractivity contribution in [1.29, 1.82) is 0 Å². The van der Waals surface area contributed by atoms with Crippen LogP contribution in [0.25, 0.3) is 0 Å². The van der Waals surface area contributed by atoms with Crippen LogP contribution in [0.15, 0.2) is 52.7 Å². The van der Waals surface area contributed by atoms with Gasteiger partial charge in [-0.15, -0.1) is 10.6 Å². The van der Waals surface area contributed by atoms with Gasteiger partial charge in [0.2, 0.25) is 0 Å². The lowest BCUT2D eigenvalue weighted by Gasteiger charge is -2.47. The van der Waals surface area contributed by atoms with Crippen LogP contribution in [-0.2, 0) is 11.0 Å². The molecule has 4 N–H and O–H groups in total. The van der Waals surface area contributed by atoms with Gasteiger partial charge in [0, 0.05) is 17.3 Å². The fourth-order valence-corrected chi connectivity index (χ4v) is 6.68. The number of benzene rings is 1. The fourth-order valence-electron chi connectivity index (χ4n) is 6.68. The van der Waals surface area contributed by atoms with Gasteiger partial charge < -0.3 is 10.2 Å². The number of carbonyl (C=O) groups excluding carboxylic acids is 2. The van der Waals surface area contributed by atoms with Crippen molar-refractivity contribution in [3.8, 4) is 0 Å². The highest BCUT2D eigenvalue weighted by atomic mass is 19.4. The average molecular weight is 655 g/mol. The molecule has 2 amide bonds. The van der Waals surface area contributed by atoms with Crippen LogP contribution < -0.4 is 21.8 Å². The smallest absolute Gasteiger partial charge is 0.345 e. The normalized spacial score (nSPS) is 22.4. The van der Waals surface area contributed by atoms with E-state index in [0.717, 1.165) is 37.1 Å². The summed E-state index contributed by atoms with van der Waals surface area (Å²) in [7, 11) is 0. The van der Waals surface area contributed by atoms with Gasteiger partial charge in [0.15, 0.2) is 5.84 Å². The fraction of sp³-hybridized carbons (Fsp3) is 0.559. The Kier molecular flexibility index (Phi) is 9.42. The minimum absolute atomic E-state index is 0.0281. The Balaban J connectivity index is 1.49. The number of nitrogens with one attached hydrogen (secondary N) is 4. The third-order valence-electron chi connectivity index (χ3n) is 9.44. The third-order valence-corrected chi connectivity index (χ3v) is 9.44. The summed E-state index contributed by atoms with van der Waals surface area (Å²) in [6, 6.07) is 9.09. The predicted octanol–water partition coefficient (Wildman–Crippen LogP) is 5.89. The maximum Gasteiger partial charge on any atom is 0.433 e. The first-order valence-corrected chi connectivity index (χ1v) is 16.1. The zero-order chi connectivity index (χ0) is 34.2. The molecule has 0 saturated heterocycles. The molecule has 5 rings (SSSR count). The number of hydrogen-bond acceptors (Lipinski definition) is 8. The van der Waals surface area contributed by atoms with Crippen molar-refractivity contribution >= 4 is 23.4 Å². The van der Waals surface area contributed by atoms with Gasteiger partial charge in [-0.05, 0) is 85.1 Å². The molecule has 0 bridgehead atoms. The van der Waals surface area contributed by atoms with Gasteiger partial charge in [-0.1, -0.05) is 53.7 Å². The van der Waals surface area contributed by atoms with E-state index < -0.39 is 17.5 Å². The second-order valence-corrected chi connectivity index (χ2v) is 15.0. The number of alkyl halides is 3. The topological polar surface area (TPSA) is 123 Å². The number of amidine groups is 1. The van der Waals surface area contributed by atoms with Gasteiger partial charge in [0.05, 0.1) is 12.6 Å². The largest absolute Gasteiger partial charge is 0.433 e. The van der Waals surface area contributed by atoms with E-state index in [1.54, 1.807) is 12.1 Å². The molecule has 1 fully saturated rings. The van der Waals surface area contributed by atoms with Crippen molar-refractivity contribution in [2.45, 2.75) is 97.9 Å². The van der Waals surface area contributed by atoms with Gasteiger partial charge in [-0.2, -0.15) is 13.2 Å². The quantitative estimate of drug-likeness (QED) is 0.282. The monoisotopic (exact) mass is 654 g/mol. The van der Waals surface area contributed by atoms with Gasteiger partial charge in [0.25, 0.3) is 11.8 Å². The molecule has 2 aromatic rings. The third kappa shape index (κ3) is 7.77. The van der Waals surface area contributed by atoms with E-state index in [4.69, 9.17) is 4.99 Å². The van der Waals surface area contributed by atoms with E-state index in [2.05, 4.69) is 73.4 Å². The lowest BCUT2D eigenvalue weighted by molar-refractivity contribution is -0.141. The first kappa shape index (κ1) is 34.3. The minimum atomic E-state index is -4.59. The highest BCUT2D eigenvalue weighted by Gasteiger charge is 2.53. The molecule has 2 aliphatic heterocycles. The molecule has 3 heterocycles. The van der Waals surface area contributed by atoms with Gasteiger partial charge in [-0.25, -0.2) is 5.53 Å². The SMILES string of the molecule is CC(C)(C)CC[C@H](c1ccc(C(=O)NCC2=NNNN2)cc1)N1C(=O)C(c2ccc(C(F)(F)F)nc2)=NC12CCC(C(C)(C)C)CC2. The van der Waals surface area contributed by atoms with E-state index in [1.807, 2.05) is 17.0 Å². The summed E-state index contributed by atoms with van der Waals surface area (Å²) >= 11 is 0. The molecule has 3 aliphatic rings. The predicted molar refractivity (Wildman–Crippen MR) is 174 cm³/mol. The summed E-state index contributed by atoms with van der Waals surface area (Å²) in [6.07, 6.45) is 0.989. The number of aromatic nitrogens is 1. The summed E-state index contributed by atoms with van der Waals surface area (Å²) in [6.45, 7) is 13.3. The molecule has 0 unspecified atom stereocenters. The zero-order valence-corrected chi connectivity index (χ0v) is 27.9. The number of hydrogen-bond donors (Lipinski definition) is 4. The number of rotatable bonds is 8. The van der Waals surface area contributed by atoms with Gasteiger partial charge in [0.1, 0.15) is 17.1 Å². The highest BCUT2D eigenvalue weighted by molar-refractivity contribution is 6.46. The molecule has 47 heavy (non-hydrogen) atoms. The number of amides is 2. The first-order chi connectivity index (χ1) is 22.0. The van der Waals surface area contributed by atoms with E-state index in [-0.39, 0.29) is 46.5 Å². The second kappa shape index (κ2) is 12.9. The summed E-state index contributed by atoms with van der Waals surface area (Å²) in [5.74, 6) is 0.400. The molecule has 13 heteroatoms. The van der Waals surface area contributed by atoms with Crippen LogP contribution in [0.4, 0.5) is 13.2 Å². The highest BCUT2D eigenvalue weighted by Crippen LogP contribution is 2.50. The Bertz CT molecular complexity index is 1510. The van der Waals surface area contributed by atoms with Crippen LogP contribution in [0.5, 0.6) is 0 Å². The lowest BCUT2D eigenvalue weighted by Crippen LogP contribution is -2.51. The summed E-state index contributed by atoms with van der Waals surface area (Å²) in [5, 5.41) is 6.79. The van der Waals surface area contributed by atoms with Crippen LogP contribution >= 0.6 is 0 Å². The number of halogens is 3. The molecule has 1 spiro atoms. The number of hydrazine groups is 2. The summed E-state index contributed by atoms with van der Waals surface area (Å²) in [5.41, 5.74) is 7.91. The maximum absolute atomic E-state index is 14.5.